The van der Waals surface area contributed by atoms with Gasteiger partial charge >= 0.3 is 6.18 Å². The molecule has 0 bridgehead atoms. The summed E-state index contributed by atoms with van der Waals surface area (Å²) in [6.07, 6.45) is -2.41. The van der Waals surface area contributed by atoms with E-state index in [0.29, 0.717) is 18.2 Å². The van der Waals surface area contributed by atoms with Gasteiger partial charge < -0.3 is 5.73 Å². The third-order valence-electron chi connectivity index (χ3n) is 3.49. The van der Waals surface area contributed by atoms with Crippen LogP contribution in [0.15, 0.2) is 18.2 Å². The highest BCUT2D eigenvalue weighted by Gasteiger charge is 2.35. The lowest BCUT2D eigenvalue weighted by Gasteiger charge is -2.13. The van der Waals surface area contributed by atoms with Gasteiger partial charge in [-0.15, -0.1) is 0 Å². The Kier molecular flexibility index (Phi) is 3.07. The van der Waals surface area contributed by atoms with Crippen molar-refractivity contribution in [2.24, 2.45) is 0 Å². The van der Waals surface area contributed by atoms with Crippen LogP contribution >= 0.6 is 0 Å². The van der Waals surface area contributed by atoms with Crippen molar-refractivity contribution in [1.82, 2.24) is 9.97 Å². The highest BCUT2D eigenvalue weighted by atomic mass is 19.4. The van der Waals surface area contributed by atoms with Crippen molar-refractivity contribution >= 4 is 5.82 Å². The first-order valence-electron chi connectivity index (χ1n) is 6.38. The van der Waals surface area contributed by atoms with Crippen LogP contribution in [-0.4, -0.2) is 9.97 Å². The van der Waals surface area contributed by atoms with Gasteiger partial charge in [0, 0.05) is 16.8 Å². The van der Waals surface area contributed by atoms with Crippen molar-refractivity contribution in [3.63, 3.8) is 0 Å². The van der Waals surface area contributed by atoms with Crippen molar-refractivity contribution in [3.8, 4) is 11.4 Å². The first-order valence-corrected chi connectivity index (χ1v) is 6.38. The fraction of sp³-hybridized carbons (Fsp3) is 0.286. The molecule has 0 amide bonds. The van der Waals surface area contributed by atoms with Crippen molar-refractivity contribution in [1.29, 1.82) is 0 Å². The van der Waals surface area contributed by atoms with Crippen molar-refractivity contribution in [2.75, 3.05) is 5.73 Å². The molecule has 0 atom stereocenters. The summed E-state index contributed by atoms with van der Waals surface area (Å²) in [6, 6.07) is 2.25. The predicted molar refractivity (Wildman–Crippen MR) is 68.9 cm³/mol. The zero-order chi connectivity index (χ0) is 15.2. The van der Waals surface area contributed by atoms with E-state index in [1.807, 2.05) is 0 Å². The summed E-state index contributed by atoms with van der Waals surface area (Å²) in [5.74, 6) is -0.787. The number of nitrogens with zero attached hydrogens (tertiary/aromatic N) is 2. The number of halogens is 4. The van der Waals surface area contributed by atoms with Gasteiger partial charge in [0.1, 0.15) is 11.6 Å². The molecule has 21 heavy (non-hydrogen) atoms. The topological polar surface area (TPSA) is 51.8 Å². The summed E-state index contributed by atoms with van der Waals surface area (Å²) in [5.41, 5.74) is 5.85. The van der Waals surface area contributed by atoms with E-state index in [2.05, 4.69) is 9.97 Å². The number of hydrogen-bond acceptors (Lipinski definition) is 3. The monoisotopic (exact) mass is 297 g/mol. The zero-order valence-electron chi connectivity index (χ0n) is 10.8. The third-order valence-corrected chi connectivity index (χ3v) is 3.49. The molecule has 0 spiro atoms. The van der Waals surface area contributed by atoms with E-state index in [1.54, 1.807) is 0 Å². The molecule has 3 nitrogen and oxygen atoms in total. The molecule has 0 aliphatic heterocycles. The molecule has 1 aliphatic rings. The van der Waals surface area contributed by atoms with Gasteiger partial charge in [0.2, 0.25) is 0 Å². The summed E-state index contributed by atoms with van der Waals surface area (Å²) >= 11 is 0. The smallest absolute Gasteiger partial charge is 0.383 e. The van der Waals surface area contributed by atoms with Gasteiger partial charge in [0.25, 0.3) is 0 Å². The van der Waals surface area contributed by atoms with Crippen LogP contribution in [0, 0.1) is 5.82 Å². The largest absolute Gasteiger partial charge is 0.417 e. The highest BCUT2D eigenvalue weighted by molar-refractivity contribution is 5.64. The Morgan fingerprint density at radius 2 is 1.86 bits per heavy atom. The van der Waals surface area contributed by atoms with Gasteiger partial charge in [-0.2, -0.15) is 13.2 Å². The lowest BCUT2D eigenvalue weighted by Crippen LogP contribution is -2.10. The van der Waals surface area contributed by atoms with Crippen LogP contribution in [0.3, 0.4) is 0 Å². The molecule has 2 aromatic rings. The van der Waals surface area contributed by atoms with Crippen molar-refractivity contribution < 1.29 is 17.6 Å². The van der Waals surface area contributed by atoms with Crippen molar-refractivity contribution in [2.45, 2.75) is 25.4 Å². The van der Waals surface area contributed by atoms with Gasteiger partial charge in [-0.25, -0.2) is 14.4 Å². The minimum absolute atomic E-state index is 0.171. The van der Waals surface area contributed by atoms with Gasteiger partial charge in [-0.3, -0.25) is 0 Å². The first kappa shape index (κ1) is 13.8. The van der Waals surface area contributed by atoms with Crippen LogP contribution in [-0.2, 0) is 19.0 Å². The Morgan fingerprint density at radius 1 is 1.10 bits per heavy atom. The van der Waals surface area contributed by atoms with E-state index < -0.39 is 17.6 Å². The quantitative estimate of drug-likeness (QED) is 0.821. The van der Waals surface area contributed by atoms with E-state index in [4.69, 9.17) is 5.73 Å². The second-order valence-electron chi connectivity index (χ2n) is 4.90. The average Bonchev–Trinajstić information content (AvgIpc) is 2.86. The van der Waals surface area contributed by atoms with Gasteiger partial charge in [0.05, 0.1) is 5.56 Å². The number of aromatic nitrogens is 2. The van der Waals surface area contributed by atoms with Gasteiger partial charge in [-0.1, -0.05) is 0 Å². The lowest BCUT2D eigenvalue weighted by atomic mass is 10.1. The number of nitrogen functional groups attached to an aromatic ring is 1. The highest BCUT2D eigenvalue weighted by Crippen LogP contribution is 2.37. The SMILES string of the molecule is Nc1nc(-c2cc(F)ccc2C(F)(F)F)nc2c1CCC2. The second kappa shape index (κ2) is 4.68. The van der Waals surface area contributed by atoms with Gasteiger partial charge in [0.15, 0.2) is 5.82 Å². The number of benzene rings is 1. The van der Waals surface area contributed by atoms with E-state index in [-0.39, 0.29) is 17.2 Å². The van der Waals surface area contributed by atoms with E-state index in [9.17, 15) is 17.6 Å². The molecule has 0 radical (unpaired) electrons. The average molecular weight is 297 g/mol. The predicted octanol–water partition coefficient (Wildman–Crippen LogP) is 3.37. The molecule has 0 saturated carbocycles. The minimum atomic E-state index is -4.61. The number of nitrogens with two attached hydrogens (primary N) is 1. The maximum atomic E-state index is 13.3. The fourth-order valence-electron chi connectivity index (χ4n) is 2.53. The maximum absolute atomic E-state index is 13.3. The summed E-state index contributed by atoms with van der Waals surface area (Å²) in [4.78, 5) is 8.07. The molecule has 1 aliphatic carbocycles. The Morgan fingerprint density at radius 3 is 2.57 bits per heavy atom. The molecule has 1 aromatic heterocycles. The zero-order valence-corrected chi connectivity index (χ0v) is 10.8. The summed E-state index contributed by atoms with van der Waals surface area (Å²) in [6.45, 7) is 0. The molecule has 110 valence electrons. The fourth-order valence-corrected chi connectivity index (χ4v) is 2.53. The number of alkyl halides is 3. The number of fused-ring (bicyclic) bond motifs is 1. The molecule has 7 heteroatoms. The molecular weight excluding hydrogens is 286 g/mol. The first-order chi connectivity index (χ1) is 9.86. The summed E-state index contributed by atoms with van der Waals surface area (Å²) < 4.78 is 52.4. The van der Waals surface area contributed by atoms with Gasteiger partial charge in [-0.05, 0) is 37.5 Å². The Balaban J connectivity index is 2.21. The molecule has 0 fully saturated rings. The normalized spacial score (nSPS) is 14.3. The number of hydrogen-bond donors (Lipinski definition) is 1. The third kappa shape index (κ3) is 2.43. The summed E-state index contributed by atoms with van der Waals surface area (Å²) in [5, 5.41) is 0. The van der Waals surface area contributed by atoms with E-state index in [0.717, 1.165) is 30.5 Å². The minimum Gasteiger partial charge on any atom is -0.383 e. The van der Waals surface area contributed by atoms with Crippen LogP contribution in [0.4, 0.5) is 23.4 Å². The molecule has 0 unspecified atom stereocenters. The molecule has 0 saturated heterocycles. The van der Waals surface area contributed by atoms with Crippen LogP contribution in [0.25, 0.3) is 11.4 Å². The Bertz CT molecular complexity index is 710. The Labute approximate surface area is 117 Å². The Hall–Kier alpha value is -2.18. The molecule has 1 heterocycles. The van der Waals surface area contributed by atoms with Crippen LogP contribution in [0.5, 0.6) is 0 Å². The molecule has 3 rings (SSSR count). The summed E-state index contributed by atoms with van der Waals surface area (Å²) in [7, 11) is 0. The van der Waals surface area contributed by atoms with Crippen LogP contribution in [0.2, 0.25) is 0 Å². The van der Waals surface area contributed by atoms with E-state index >= 15 is 0 Å². The standard InChI is InChI=1S/C14H11F4N3/c15-7-4-5-10(14(16,17)18)9(6-7)13-20-11-3-1-2-8(11)12(19)21-13/h4-6H,1-3H2,(H2,19,20,21). The number of anilines is 1. The molecule has 1 aromatic carbocycles. The van der Waals surface area contributed by atoms with E-state index in [1.165, 1.54) is 0 Å². The molecular formula is C14H11F4N3. The number of aryl methyl sites for hydroxylation is 1. The second-order valence-corrected chi connectivity index (χ2v) is 4.90. The number of rotatable bonds is 1. The van der Waals surface area contributed by atoms with Crippen LogP contribution in [0.1, 0.15) is 23.2 Å². The lowest BCUT2D eigenvalue weighted by molar-refractivity contribution is -0.137. The maximum Gasteiger partial charge on any atom is 0.417 e. The van der Waals surface area contributed by atoms with Crippen molar-refractivity contribution in [3.05, 3.63) is 40.8 Å². The van der Waals surface area contributed by atoms with Crippen LogP contribution < -0.4 is 5.73 Å². The molecule has 2 N–H and O–H groups in total.